The fourth-order valence-corrected chi connectivity index (χ4v) is 4.07. The smallest absolute Gasteiger partial charge is 0.243 e. The van der Waals surface area contributed by atoms with Gasteiger partial charge in [-0.1, -0.05) is 0 Å². The van der Waals surface area contributed by atoms with Gasteiger partial charge in [-0.15, -0.1) is 0 Å². The van der Waals surface area contributed by atoms with Crippen molar-refractivity contribution in [2.45, 2.75) is 24.2 Å². The molecule has 1 aromatic rings. The SMILES string of the molecule is N#Cc1cc(S(=O)(=O)N2CCC(CCN)CC2)ccc1F. The van der Waals surface area contributed by atoms with Crippen molar-refractivity contribution >= 4 is 10.0 Å². The molecule has 2 N–H and O–H groups in total. The van der Waals surface area contributed by atoms with Crippen molar-refractivity contribution in [1.82, 2.24) is 4.31 Å². The van der Waals surface area contributed by atoms with Gasteiger partial charge in [0.25, 0.3) is 0 Å². The second-order valence-electron chi connectivity index (χ2n) is 5.18. The number of rotatable bonds is 4. The summed E-state index contributed by atoms with van der Waals surface area (Å²) in [5.74, 6) is -0.248. The third-order valence-corrected chi connectivity index (χ3v) is 5.74. The number of piperidine rings is 1. The molecule has 0 atom stereocenters. The van der Waals surface area contributed by atoms with Crippen LogP contribution in [0.5, 0.6) is 0 Å². The Hall–Kier alpha value is -1.49. The molecular weight excluding hydrogens is 293 g/mol. The summed E-state index contributed by atoms with van der Waals surface area (Å²) < 4.78 is 39.7. The number of benzene rings is 1. The molecule has 0 saturated carbocycles. The number of hydrogen-bond acceptors (Lipinski definition) is 4. The van der Waals surface area contributed by atoms with Gasteiger partial charge >= 0.3 is 0 Å². The monoisotopic (exact) mass is 311 g/mol. The van der Waals surface area contributed by atoms with Gasteiger partial charge in [-0.05, 0) is 49.9 Å². The Morgan fingerprint density at radius 2 is 2.05 bits per heavy atom. The Bertz CT molecular complexity index is 647. The fraction of sp³-hybridized carbons (Fsp3) is 0.500. The van der Waals surface area contributed by atoms with Crippen molar-refractivity contribution in [2.75, 3.05) is 19.6 Å². The zero-order valence-corrected chi connectivity index (χ0v) is 12.4. The standard InChI is InChI=1S/C14H18FN3O2S/c15-14-2-1-13(9-12(14)10-17)21(19,20)18-7-4-11(3-6-16)5-8-18/h1-2,9,11H,3-8,16H2. The van der Waals surface area contributed by atoms with Crippen LogP contribution in [0.3, 0.4) is 0 Å². The van der Waals surface area contributed by atoms with Crippen molar-refractivity contribution in [1.29, 1.82) is 5.26 Å². The second kappa shape index (κ2) is 6.52. The first-order valence-electron chi connectivity index (χ1n) is 6.89. The Kier molecular flexibility index (Phi) is 4.93. The van der Waals surface area contributed by atoms with Crippen LogP contribution in [0.4, 0.5) is 4.39 Å². The summed E-state index contributed by atoms with van der Waals surface area (Å²) in [4.78, 5) is -0.0299. The highest BCUT2D eigenvalue weighted by Crippen LogP contribution is 2.26. The van der Waals surface area contributed by atoms with Crippen molar-refractivity contribution in [3.63, 3.8) is 0 Å². The molecule has 5 nitrogen and oxygen atoms in total. The van der Waals surface area contributed by atoms with Crippen LogP contribution in [0.15, 0.2) is 23.1 Å². The highest BCUT2D eigenvalue weighted by molar-refractivity contribution is 7.89. The van der Waals surface area contributed by atoms with Gasteiger partial charge in [0, 0.05) is 13.1 Å². The molecule has 1 aliphatic heterocycles. The molecule has 0 bridgehead atoms. The van der Waals surface area contributed by atoms with Crippen molar-refractivity contribution < 1.29 is 12.8 Å². The van der Waals surface area contributed by atoms with Gasteiger partial charge in [0.1, 0.15) is 11.9 Å². The molecule has 0 amide bonds. The van der Waals surface area contributed by atoms with Gasteiger partial charge in [-0.2, -0.15) is 9.57 Å². The molecular formula is C14H18FN3O2S. The summed E-state index contributed by atoms with van der Waals surface area (Å²) in [7, 11) is -3.67. The van der Waals surface area contributed by atoms with Crippen LogP contribution in [0.25, 0.3) is 0 Å². The van der Waals surface area contributed by atoms with Crippen molar-refractivity contribution in [3.05, 3.63) is 29.6 Å². The Morgan fingerprint density at radius 3 is 2.62 bits per heavy atom. The van der Waals surface area contributed by atoms with Crippen LogP contribution in [-0.2, 0) is 10.0 Å². The summed E-state index contributed by atoms with van der Waals surface area (Å²) in [5.41, 5.74) is 5.26. The molecule has 0 unspecified atom stereocenters. The van der Waals surface area contributed by atoms with Gasteiger partial charge in [0.05, 0.1) is 10.5 Å². The highest BCUT2D eigenvalue weighted by Gasteiger charge is 2.29. The van der Waals surface area contributed by atoms with Crippen LogP contribution >= 0.6 is 0 Å². The van der Waals surface area contributed by atoms with E-state index in [1.54, 1.807) is 6.07 Å². The number of hydrogen-bond donors (Lipinski definition) is 1. The molecule has 114 valence electrons. The molecule has 0 radical (unpaired) electrons. The lowest BCUT2D eigenvalue weighted by molar-refractivity contribution is 0.266. The van der Waals surface area contributed by atoms with E-state index in [1.807, 2.05) is 0 Å². The minimum absolute atomic E-state index is 0.0299. The van der Waals surface area contributed by atoms with E-state index in [9.17, 15) is 12.8 Å². The molecule has 0 aliphatic carbocycles. The summed E-state index contributed by atoms with van der Waals surface area (Å²) in [6.45, 7) is 1.49. The molecule has 2 rings (SSSR count). The van der Waals surface area contributed by atoms with Crippen LogP contribution in [0, 0.1) is 23.1 Å². The van der Waals surface area contributed by atoms with Crippen molar-refractivity contribution in [3.8, 4) is 6.07 Å². The van der Waals surface area contributed by atoms with Gasteiger partial charge in [-0.3, -0.25) is 0 Å². The first kappa shape index (κ1) is 15.9. The van der Waals surface area contributed by atoms with Crippen LogP contribution in [0.1, 0.15) is 24.8 Å². The molecule has 1 aliphatic rings. The Labute approximate surface area is 124 Å². The summed E-state index contributed by atoms with van der Waals surface area (Å²) in [5, 5.41) is 8.80. The molecule has 1 fully saturated rings. The Balaban J connectivity index is 2.18. The third-order valence-electron chi connectivity index (χ3n) is 3.84. The maximum absolute atomic E-state index is 13.3. The topological polar surface area (TPSA) is 87.2 Å². The first-order chi connectivity index (χ1) is 9.98. The van der Waals surface area contributed by atoms with Crippen molar-refractivity contribution in [2.24, 2.45) is 11.7 Å². The number of nitrogens with zero attached hydrogens (tertiary/aromatic N) is 2. The second-order valence-corrected chi connectivity index (χ2v) is 7.12. The largest absolute Gasteiger partial charge is 0.330 e. The molecule has 0 spiro atoms. The maximum atomic E-state index is 13.3. The molecule has 1 heterocycles. The highest BCUT2D eigenvalue weighted by atomic mass is 32.2. The van der Waals surface area contributed by atoms with Crippen LogP contribution in [0.2, 0.25) is 0 Å². The minimum atomic E-state index is -3.67. The quantitative estimate of drug-likeness (QED) is 0.911. The minimum Gasteiger partial charge on any atom is -0.330 e. The third kappa shape index (κ3) is 3.40. The number of nitriles is 1. The lowest BCUT2D eigenvalue weighted by atomic mass is 9.95. The molecule has 7 heteroatoms. The number of halogens is 1. The summed E-state index contributed by atoms with van der Waals surface area (Å²) in [6.07, 6.45) is 2.47. The number of sulfonamides is 1. The normalized spacial score (nSPS) is 17.6. The van der Waals surface area contributed by atoms with E-state index in [-0.39, 0.29) is 10.5 Å². The van der Waals surface area contributed by atoms with Gasteiger partial charge < -0.3 is 5.73 Å². The molecule has 1 saturated heterocycles. The lowest BCUT2D eigenvalue weighted by Crippen LogP contribution is -2.38. The van der Waals surface area contributed by atoms with E-state index in [0.29, 0.717) is 25.6 Å². The van der Waals surface area contributed by atoms with E-state index < -0.39 is 15.8 Å². The predicted octanol–water partition coefficient (Wildman–Crippen LogP) is 1.45. The van der Waals surface area contributed by atoms with E-state index >= 15 is 0 Å². The molecule has 0 aromatic heterocycles. The fourth-order valence-electron chi connectivity index (χ4n) is 2.57. The van der Waals surface area contributed by atoms with Gasteiger partial charge in [0.15, 0.2) is 0 Å². The van der Waals surface area contributed by atoms with Crippen LogP contribution in [-0.4, -0.2) is 32.4 Å². The lowest BCUT2D eigenvalue weighted by Gasteiger charge is -2.31. The van der Waals surface area contributed by atoms with Crippen LogP contribution < -0.4 is 5.73 Å². The zero-order valence-electron chi connectivity index (χ0n) is 11.6. The summed E-state index contributed by atoms with van der Waals surface area (Å²) >= 11 is 0. The van der Waals surface area contributed by atoms with E-state index in [2.05, 4.69) is 0 Å². The maximum Gasteiger partial charge on any atom is 0.243 e. The first-order valence-corrected chi connectivity index (χ1v) is 8.33. The van der Waals surface area contributed by atoms with E-state index in [1.165, 1.54) is 10.4 Å². The summed E-state index contributed by atoms with van der Waals surface area (Å²) in [6, 6.07) is 4.98. The van der Waals surface area contributed by atoms with E-state index in [4.69, 9.17) is 11.0 Å². The zero-order chi connectivity index (χ0) is 15.5. The van der Waals surface area contributed by atoms with E-state index in [0.717, 1.165) is 31.4 Å². The average Bonchev–Trinajstić information content (AvgIpc) is 2.48. The molecule has 1 aromatic carbocycles. The average molecular weight is 311 g/mol. The number of nitrogens with two attached hydrogens (primary N) is 1. The van der Waals surface area contributed by atoms with Gasteiger partial charge in [0.2, 0.25) is 10.0 Å². The molecule has 21 heavy (non-hydrogen) atoms. The predicted molar refractivity (Wildman–Crippen MR) is 76.3 cm³/mol. The van der Waals surface area contributed by atoms with Gasteiger partial charge in [-0.25, -0.2) is 12.8 Å². The Morgan fingerprint density at radius 1 is 1.38 bits per heavy atom.